The van der Waals surface area contributed by atoms with Crippen LogP contribution in [0.15, 0.2) is 71.6 Å². The topological polar surface area (TPSA) is 103 Å². The molecule has 0 fully saturated rings. The summed E-state index contributed by atoms with van der Waals surface area (Å²) in [6.45, 7) is 0. The second kappa shape index (κ2) is 8.80. The number of anilines is 2. The van der Waals surface area contributed by atoms with Gasteiger partial charge in [-0.2, -0.15) is 0 Å². The van der Waals surface area contributed by atoms with Crippen LogP contribution in [0.5, 0.6) is 17.2 Å². The van der Waals surface area contributed by atoms with Crippen LogP contribution in [0, 0.1) is 0 Å². The standard InChI is InChI=1S/C23H22N2O6S/c1-29-18-10-7-16(8-11-18)25-32(27,28)22-14-17(9-12-20(22)30-2)24-23(26)21-13-15-5-3-4-6-19(15)31-21/h3-12,14,21,25H,13H2,1-2H3,(H,24,26)/t21-/m0/s1. The Morgan fingerprint density at radius 2 is 1.69 bits per heavy atom. The number of carbonyl (C=O) groups excluding carboxylic acids is 1. The van der Waals surface area contributed by atoms with Crippen LogP contribution < -0.4 is 24.2 Å². The summed E-state index contributed by atoms with van der Waals surface area (Å²) in [5.74, 6) is 1.06. The number of amides is 1. The van der Waals surface area contributed by atoms with Crippen molar-refractivity contribution < 1.29 is 27.4 Å². The molecule has 0 radical (unpaired) electrons. The summed E-state index contributed by atoms with van der Waals surface area (Å²) < 4.78 is 44.6. The highest BCUT2D eigenvalue weighted by Gasteiger charge is 2.29. The fourth-order valence-corrected chi connectivity index (χ4v) is 4.64. The number of fused-ring (bicyclic) bond motifs is 1. The minimum absolute atomic E-state index is 0.107. The minimum Gasteiger partial charge on any atom is -0.497 e. The summed E-state index contributed by atoms with van der Waals surface area (Å²) in [6.07, 6.45) is -0.241. The van der Waals surface area contributed by atoms with Crippen LogP contribution in [0.3, 0.4) is 0 Å². The number of ether oxygens (including phenoxy) is 3. The van der Waals surface area contributed by atoms with Crippen LogP contribution in [0.25, 0.3) is 0 Å². The van der Waals surface area contributed by atoms with Gasteiger partial charge in [-0.3, -0.25) is 9.52 Å². The van der Waals surface area contributed by atoms with Crippen LogP contribution in [-0.2, 0) is 21.2 Å². The van der Waals surface area contributed by atoms with Crippen LogP contribution in [0.1, 0.15) is 5.56 Å². The third-order valence-electron chi connectivity index (χ3n) is 5.00. The van der Waals surface area contributed by atoms with E-state index in [-0.39, 0.29) is 16.6 Å². The lowest BCUT2D eigenvalue weighted by Crippen LogP contribution is -2.31. The van der Waals surface area contributed by atoms with Crippen molar-refractivity contribution in [1.82, 2.24) is 0 Å². The maximum Gasteiger partial charge on any atom is 0.265 e. The van der Waals surface area contributed by atoms with Crippen molar-refractivity contribution in [3.8, 4) is 17.2 Å². The number of carbonyl (C=O) groups is 1. The summed E-state index contributed by atoms with van der Waals surface area (Å²) in [7, 11) is -1.09. The van der Waals surface area contributed by atoms with Gasteiger partial charge >= 0.3 is 0 Å². The van der Waals surface area contributed by atoms with Crippen molar-refractivity contribution in [2.24, 2.45) is 0 Å². The molecule has 3 aromatic rings. The molecule has 1 atom stereocenters. The normalized spacial score (nSPS) is 14.8. The Morgan fingerprint density at radius 3 is 2.38 bits per heavy atom. The third kappa shape index (κ3) is 4.47. The number of benzene rings is 3. The number of hydrogen-bond donors (Lipinski definition) is 2. The number of sulfonamides is 1. The van der Waals surface area contributed by atoms with Crippen LogP contribution in [-0.4, -0.2) is 34.6 Å². The van der Waals surface area contributed by atoms with E-state index >= 15 is 0 Å². The molecule has 32 heavy (non-hydrogen) atoms. The summed E-state index contributed by atoms with van der Waals surface area (Å²) in [5.41, 5.74) is 1.62. The minimum atomic E-state index is -4.00. The molecule has 1 amide bonds. The summed E-state index contributed by atoms with van der Waals surface area (Å²) in [6, 6.07) is 18.3. The quantitative estimate of drug-likeness (QED) is 0.567. The lowest BCUT2D eigenvalue weighted by molar-refractivity contribution is -0.122. The molecule has 166 valence electrons. The smallest absolute Gasteiger partial charge is 0.265 e. The highest BCUT2D eigenvalue weighted by Crippen LogP contribution is 2.31. The van der Waals surface area contributed by atoms with Crippen molar-refractivity contribution >= 4 is 27.3 Å². The van der Waals surface area contributed by atoms with E-state index in [9.17, 15) is 13.2 Å². The predicted octanol–water partition coefficient (Wildman–Crippen LogP) is 3.45. The molecule has 0 unspecified atom stereocenters. The summed E-state index contributed by atoms with van der Waals surface area (Å²) in [5, 5.41) is 2.73. The molecule has 0 aromatic heterocycles. The zero-order chi connectivity index (χ0) is 22.7. The van der Waals surface area contributed by atoms with Crippen molar-refractivity contribution in [3.05, 3.63) is 72.3 Å². The Labute approximate surface area is 186 Å². The molecular formula is C23H22N2O6S. The Balaban J connectivity index is 1.53. The zero-order valence-electron chi connectivity index (χ0n) is 17.5. The SMILES string of the molecule is COc1ccc(NS(=O)(=O)c2cc(NC(=O)[C@@H]3Cc4ccccc4O3)ccc2OC)cc1. The largest absolute Gasteiger partial charge is 0.497 e. The molecule has 0 saturated heterocycles. The number of nitrogens with one attached hydrogen (secondary N) is 2. The molecule has 8 nitrogen and oxygen atoms in total. The van der Waals surface area contributed by atoms with Gasteiger partial charge in [0.1, 0.15) is 22.1 Å². The van der Waals surface area contributed by atoms with Gasteiger partial charge in [0.15, 0.2) is 6.10 Å². The van der Waals surface area contributed by atoms with Crippen LogP contribution in [0.2, 0.25) is 0 Å². The van der Waals surface area contributed by atoms with Gasteiger partial charge in [-0.05, 0) is 54.1 Å². The maximum atomic E-state index is 13.0. The number of hydrogen-bond acceptors (Lipinski definition) is 6. The van der Waals surface area contributed by atoms with E-state index in [2.05, 4.69) is 10.0 Å². The first-order chi connectivity index (χ1) is 15.4. The molecule has 0 aliphatic carbocycles. The van der Waals surface area contributed by atoms with E-state index in [1.807, 2.05) is 24.3 Å². The van der Waals surface area contributed by atoms with E-state index in [4.69, 9.17) is 14.2 Å². The first-order valence-corrected chi connectivity index (χ1v) is 11.3. The van der Waals surface area contributed by atoms with Gasteiger partial charge in [0.25, 0.3) is 15.9 Å². The molecule has 0 saturated carbocycles. The van der Waals surface area contributed by atoms with Crippen LogP contribution in [0.4, 0.5) is 11.4 Å². The van der Waals surface area contributed by atoms with Gasteiger partial charge in [-0.1, -0.05) is 18.2 Å². The van der Waals surface area contributed by atoms with E-state index in [1.54, 1.807) is 30.3 Å². The highest BCUT2D eigenvalue weighted by atomic mass is 32.2. The molecule has 0 bridgehead atoms. The second-order valence-electron chi connectivity index (χ2n) is 7.11. The number of para-hydroxylation sites is 1. The molecule has 3 aromatic carbocycles. The van der Waals surface area contributed by atoms with Crippen molar-refractivity contribution in [2.75, 3.05) is 24.3 Å². The summed E-state index contributed by atoms with van der Waals surface area (Å²) >= 11 is 0. The van der Waals surface area contributed by atoms with Crippen molar-refractivity contribution in [1.29, 1.82) is 0 Å². The zero-order valence-corrected chi connectivity index (χ0v) is 18.3. The Morgan fingerprint density at radius 1 is 0.969 bits per heavy atom. The van der Waals surface area contributed by atoms with Gasteiger partial charge in [0.05, 0.1) is 14.2 Å². The summed E-state index contributed by atoms with van der Waals surface area (Å²) in [4.78, 5) is 12.6. The van der Waals surface area contributed by atoms with Crippen molar-refractivity contribution in [2.45, 2.75) is 17.4 Å². The average molecular weight is 455 g/mol. The first kappa shape index (κ1) is 21.5. The molecule has 4 rings (SSSR count). The molecule has 1 heterocycles. The van der Waals surface area contributed by atoms with Gasteiger partial charge in [0, 0.05) is 17.8 Å². The average Bonchev–Trinajstić information content (AvgIpc) is 3.24. The lowest BCUT2D eigenvalue weighted by atomic mass is 10.1. The number of rotatable bonds is 7. The van der Waals surface area contributed by atoms with Crippen LogP contribution >= 0.6 is 0 Å². The molecule has 1 aliphatic rings. The predicted molar refractivity (Wildman–Crippen MR) is 120 cm³/mol. The Kier molecular flexibility index (Phi) is 5.91. The van der Waals surface area contributed by atoms with E-state index in [0.29, 0.717) is 29.3 Å². The fourth-order valence-electron chi connectivity index (χ4n) is 3.38. The van der Waals surface area contributed by atoms with Gasteiger partial charge < -0.3 is 19.5 Å². The maximum absolute atomic E-state index is 13.0. The molecule has 0 spiro atoms. The monoisotopic (exact) mass is 454 g/mol. The molecule has 2 N–H and O–H groups in total. The van der Waals surface area contributed by atoms with Gasteiger partial charge in [0.2, 0.25) is 0 Å². The molecule has 9 heteroatoms. The first-order valence-electron chi connectivity index (χ1n) is 9.80. The fraction of sp³-hybridized carbons (Fsp3) is 0.174. The van der Waals surface area contributed by atoms with E-state index in [0.717, 1.165) is 5.56 Å². The molecule has 1 aliphatic heterocycles. The second-order valence-corrected chi connectivity index (χ2v) is 8.76. The van der Waals surface area contributed by atoms with Gasteiger partial charge in [-0.25, -0.2) is 8.42 Å². The van der Waals surface area contributed by atoms with E-state index in [1.165, 1.54) is 26.4 Å². The Bertz CT molecular complexity index is 1220. The van der Waals surface area contributed by atoms with Crippen molar-refractivity contribution in [3.63, 3.8) is 0 Å². The highest BCUT2D eigenvalue weighted by molar-refractivity contribution is 7.92. The Hall–Kier alpha value is -3.72. The van der Waals surface area contributed by atoms with Gasteiger partial charge in [-0.15, -0.1) is 0 Å². The lowest BCUT2D eigenvalue weighted by Gasteiger charge is -2.15. The molecular weight excluding hydrogens is 432 g/mol. The number of methoxy groups -OCH3 is 2. The third-order valence-corrected chi connectivity index (χ3v) is 6.40. The van der Waals surface area contributed by atoms with E-state index < -0.39 is 16.1 Å².